The number of benzene rings is 1. The Bertz CT molecular complexity index is 452. The van der Waals surface area contributed by atoms with E-state index in [1.165, 1.54) is 6.07 Å². The number of carbonyl (C=O) groups excluding carboxylic acids is 1. The molecule has 0 radical (unpaired) electrons. The molecule has 0 amide bonds. The van der Waals surface area contributed by atoms with Gasteiger partial charge in [0.2, 0.25) is 0 Å². The molecule has 1 saturated heterocycles. The first-order valence-corrected chi connectivity index (χ1v) is 7.75. The monoisotopic (exact) mass is 281 g/mol. The molecule has 19 heavy (non-hydrogen) atoms. The maximum atomic E-state index is 13.6. The Morgan fingerprint density at radius 2 is 2.26 bits per heavy atom. The highest BCUT2D eigenvalue weighted by Crippen LogP contribution is 2.20. The minimum absolute atomic E-state index is 0.0935. The lowest BCUT2D eigenvalue weighted by Gasteiger charge is -2.32. The molecule has 1 aliphatic rings. The Labute approximate surface area is 118 Å². The number of halogens is 1. The zero-order valence-corrected chi connectivity index (χ0v) is 12.3. The number of ketones is 1. The number of carbonyl (C=O) groups is 1. The van der Waals surface area contributed by atoms with Crippen LogP contribution in [-0.4, -0.2) is 41.3 Å². The Morgan fingerprint density at radius 3 is 2.95 bits per heavy atom. The Balaban J connectivity index is 1.98. The first-order valence-electron chi connectivity index (χ1n) is 6.70. The molecule has 0 aromatic heterocycles. The third kappa shape index (κ3) is 3.80. The summed E-state index contributed by atoms with van der Waals surface area (Å²) in [6.45, 7) is 6.85. The molecule has 2 atom stereocenters. The van der Waals surface area contributed by atoms with E-state index in [4.69, 9.17) is 0 Å². The minimum Gasteiger partial charge on any atom is -0.301 e. The van der Waals surface area contributed by atoms with E-state index in [1.807, 2.05) is 18.7 Å². The van der Waals surface area contributed by atoms with Crippen molar-refractivity contribution in [2.24, 2.45) is 5.92 Å². The molecule has 2 rings (SSSR count). The predicted molar refractivity (Wildman–Crippen MR) is 78.3 cm³/mol. The van der Waals surface area contributed by atoms with Crippen molar-refractivity contribution in [1.82, 2.24) is 4.90 Å². The Kier molecular flexibility index (Phi) is 4.99. The summed E-state index contributed by atoms with van der Waals surface area (Å²) < 4.78 is 13.6. The van der Waals surface area contributed by atoms with Crippen LogP contribution in [0, 0.1) is 11.7 Å². The summed E-state index contributed by atoms with van der Waals surface area (Å²) in [5, 5.41) is 0.615. The molecule has 0 N–H and O–H groups in total. The standard InChI is InChI=1S/C15H20FNOS/c1-11(9-17-7-8-19-12(2)10-17)15(18)13-5-3-4-6-14(13)16/h3-6,11-12H,7-10H2,1-2H3. The quantitative estimate of drug-likeness (QED) is 0.791. The van der Waals surface area contributed by atoms with E-state index < -0.39 is 5.82 Å². The Morgan fingerprint density at radius 1 is 1.53 bits per heavy atom. The minimum atomic E-state index is -0.415. The highest BCUT2D eigenvalue weighted by atomic mass is 32.2. The summed E-state index contributed by atoms with van der Waals surface area (Å²) in [5.74, 6) is 0.444. The summed E-state index contributed by atoms with van der Waals surface area (Å²) >= 11 is 1.97. The fourth-order valence-corrected chi connectivity index (χ4v) is 3.54. The van der Waals surface area contributed by atoms with Crippen LogP contribution in [-0.2, 0) is 0 Å². The van der Waals surface area contributed by atoms with Crippen molar-refractivity contribution < 1.29 is 9.18 Å². The van der Waals surface area contributed by atoms with Crippen LogP contribution in [0.5, 0.6) is 0 Å². The molecule has 2 unspecified atom stereocenters. The van der Waals surface area contributed by atoms with Crippen LogP contribution >= 0.6 is 11.8 Å². The molecule has 1 aliphatic heterocycles. The van der Waals surface area contributed by atoms with Crippen molar-refractivity contribution in [2.45, 2.75) is 19.1 Å². The molecule has 1 aromatic carbocycles. The van der Waals surface area contributed by atoms with Gasteiger partial charge in [-0.2, -0.15) is 11.8 Å². The predicted octanol–water partition coefficient (Wildman–Crippen LogP) is 3.08. The molecular weight excluding hydrogens is 261 g/mol. The lowest BCUT2D eigenvalue weighted by atomic mass is 9.98. The molecule has 0 saturated carbocycles. The molecule has 2 nitrogen and oxygen atoms in total. The summed E-state index contributed by atoms with van der Waals surface area (Å²) in [6.07, 6.45) is 0. The van der Waals surface area contributed by atoms with Gasteiger partial charge in [0.25, 0.3) is 0 Å². The second-order valence-corrected chi connectivity index (χ2v) is 6.73. The molecule has 0 aliphatic carbocycles. The van der Waals surface area contributed by atoms with Gasteiger partial charge in [-0.25, -0.2) is 4.39 Å². The first kappa shape index (κ1) is 14.5. The summed E-state index contributed by atoms with van der Waals surface area (Å²) in [6, 6.07) is 6.24. The zero-order chi connectivity index (χ0) is 13.8. The molecule has 0 spiro atoms. The summed E-state index contributed by atoms with van der Waals surface area (Å²) in [4.78, 5) is 14.6. The largest absolute Gasteiger partial charge is 0.301 e. The maximum absolute atomic E-state index is 13.6. The summed E-state index contributed by atoms with van der Waals surface area (Å²) in [7, 11) is 0. The van der Waals surface area contributed by atoms with Gasteiger partial charge in [-0.1, -0.05) is 26.0 Å². The van der Waals surface area contributed by atoms with Crippen LogP contribution in [0.4, 0.5) is 4.39 Å². The smallest absolute Gasteiger partial charge is 0.169 e. The van der Waals surface area contributed by atoms with Crippen molar-refractivity contribution in [3.63, 3.8) is 0 Å². The maximum Gasteiger partial charge on any atom is 0.169 e. The number of hydrogen-bond acceptors (Lipinski definition) is 3. The highest BCUT2D eigenvalue weighted by molar-refractivity contribution is 7.99. The van der Waals surface area contributed by atoms with Gasteiger partial charge < -0.3 is 4.90 Å². The fourth-order valence-electron chi connectivity index (χ4n) is 2.45. The van der Waals surface area contributed by atoms with Gasteiger partial charge in [-0.3, -0.25) is 4.79 Å². The number of rotatable bonds is 4. The van der Waals surface area contributed by atoms with Crippen LogP contribution in [0.3, 0.4) is 0 Å². The molecule has 0 bridgehead atoms. The second-order valence-electron chi connectivity index (χ2n) is 5.19. The zero-order valence-electron chi connectivity index (χ0n) is 11.4. The van der Waals surface area contributed by atoms with Crippen LogP contribution < -0.4 is 0 Å². The van der Waals surface area contributed by atoms with Gasteiger partial charge in [0.1, 0.15) is 5.82 Å². The van der Waals surface area contributed by atoms with Gasteiger partial charge >= 0.3 is 0 Å². The molecule has 1 aromatic rings. The van der Waals surface area contributed by atoms with Gasteiger partial charge in [0, 0.05) is 36.6 Å². The normalized spacial score (nSPS) is 22.2. The lowest BCUT2D eigenvalue weighted by molar-refractivity contribution is 0.0891. The van der Waals surface area contributed by atoms with E-state index in [-0.39, 0.29) is 17.3 Å². The third-order valence-electron chi connectivity index (χ3n) is 3.44. The molecule has 1 heterocycles. The summed E-state index contributed by atoms with van der Waals surface area (Å²) in [5.41, 5.74) is 0.217. The lowest BCUT2D eigenvalue weighted by Crippen LogP contribution is -2.40. The van der Waals surface area contributed by atoms with Crippen LogP contribution in [0.2, 0.25) is 0 Å². The van der Waals surface area contributed by atoms with Crippen molar-refractivity contribution in [3.05, 3.63) is 35.6 Å². The van der Waals surface area contributed by atoms with Crippen LogP contribution in [0.15, 0.2) is 24.3 Å². The molecule has 104 valence electrons. The van der Waals surface area contributed by atoms with Gasteiger partial charge in [0.05, 0.1) is 5.56 Å². The van der Waals surface area contributed by atoms with E-state index in [0.717, 1.165) is 25.4 Å². The first-order chi connectivity index (χ1) is 9.08. The van der Waals surface area contributed by atoms with E-state index in [1.54, 1.807) is 18.2 Å². The van der Waals surface area contributed by atoms with Gasteiger partial charge in [-0.05, 0) is 12.1 Å². The number of hydrogen-bond donors (Lipinski definition) is 0. The number of Topliss-reactive ketones (excluding diaryl/α,β-unsaturated/α-hetero) is 1. The fraction of sp³-hybridized carbons (Fsp3) is 0.533. The average Bonchev–Trinajstić information content (AvgIpc) is 2.38. The Hall–Kier alpha value is -0.870. The SMILES string of the molecule is CC1CN(CC(C)C(=O)c2ccccc2F)CCS1. The van der Waals surface area contributed by atoms with E-state index in [9.17, 15) is 9.18 Å². The van der Waals surface area contributed by atoms with E-state index in [2.05, 4.69) is 11.8 Å². The molecule has 4 heteroatoms. The van der Waals surface area contributed by atoms with Crippen molar-refractivity contribution in [3.8, 4) is 0 Å². The van der Waals surface area contributed by atoms with E-state index in [0.29, 0.717) is 5.25 Å². The topological polar surface area (TPSA) is 20.3 Å². The third-order valence-corrected chi connectivity index (χ3v) is 4.58. The van der Waals surface area contributed by atoms with Crippen molar-refractivity contribution in [2.75, 3.05) is 25.4 Å². The van der Waals surface area contributed by atoms with Crippen LogP contribution in [0.25, 0.3) is 0 Å². The average molecular weight is 281 g/mol. The second kappa shape index (κ2) is 6.53. The van der Waals surface area contributed by atoms with Gasteiger partial charge in [-0.15, -0.1) is 0 Å². The molecule has 1 fully saturated rings. The highest BCUT2D eigenvalue weighted by Gasteiger charge is 2.23. The van der Waals surface area contributed by atoms with Crippen LogP contribution in [0.1, 0.15) is 24.2 Å². The molecular formula is C15H20FNOS. The van der Waals surface area contributed by atoms with E-state index >= 15 is 0 Å². The number of nitrogens with zero attached hydrogens (tertiary/aromatic N) is 1. The number of thioether (sulfide) groups is 1. The van der Waals surface area contributed by atoms with Crippen molar-refractivity contribution >= 4 is 17.5 Å². The van der Waals surface area contributed by atoms with Crippen molar-refractivity contribution in [1.29, 1.82) is 0 Å². The van der Waals surface area contributed by atoms with Gasteiger partial charge in [0.15, 0.2) is 5.78 Å².